The summed E-state index contributed by atoms with van der Waals surface area (Å²) < 4.78 is 0. The Morgan fingerprint density at radius 1 is 1.31 bits per heavy atom. The van der Waals surface area contributed by atoms with Crippen LogP contribution in [-0.2, 0) is 0 Å². The molecular weight excluding hydrogens is 196 g/mol. The molecule has 2 heteroatoms. The van der Waals surface area contributed by atoms with Crippen molar-refractivity contribution in [3.8, 4) is 0 Å². The molecule has 0 heterocycles. The average Bonchev–Trinajstić information content (AvgIpc) is 2.05. The van der Waals surface area contributed by atoms with E-state index in [9.17, 15) is 0 Å². The third kappa shape index (κ3) is 3.46. The van der Waals surface area contributed by atoms with Gasteiger partial charge in [0.05, 0.1) is 0 Å². The van der Waals surface area contributed by atoms with Crippen molar-refractivity contribution < 1.29 is 0 Å². The van der Waals surface area contributed by atoms with Crippen LogP contribution < -0.4 is 5.73 Å². The van der Waals surface area contributed by atoms with Gasteiger partial charge in [-0.25, -0.2) is 0 Å². The lowest BCUT2D eigenvalue weighted by Crippen LogP contribution is -2.55. The Morgan fingerprint density at radius 2 is 1.88 bits per heavy atom. The van der Waals surface area contributed by atoms with Crippen LogP contribution in [0.5, 0.6) is 0 Å². The highest BCUT2D eigenvalue weighted by molar-refractivity contribution is 4.90. The standard InChI is InChI=1S/C14H30N2/c1-6-16(10-12-8-7-9-12)13(11(2)15)14(3,4)5/h11-13H,6-10,15H2,1-5H3. The molecule has 0 radical (unpaired) electrons. The number of nitrogens with two attached hydrogens (primary N) is 1. The van der Waals surface area contributed by atoms with Crippen molar-refractivity contribution >= 4 is 0 Å². The summed E-state index contributed by atoms with van der Waals surface area (Å²) in [6.07, 6.45) is 4.28. The van der Waals surface area contributed by atoms with Gasteiger partial charge in [-0.3, -0.25) is 4.90 Å². The van der Waals surface area contributed by atoms with Crippen molar-refractivity contribution in [2.45, 2.75) is 66.0 Å². The Hall–Kier alpha value is -0.0800. The summed E-state index contributed by atoms with van der Waals surface area (Å²) in [5.74, 6) is 0.934. The summed E-state index contributed by atoms with van der Waals surface area (Å²) in [5.41, 5.74) is 6.46. The fourth-order valence-corrected chi connectivity index (χ4v) is 3.12. The summed E-state index contributed by atoms with van der Waals surface area (Å²) in [5, 5.41) is 0. The SMILES string of the molecule is CCN(CC1CCC1)C(C(C)N)C(C)(C)C. The third-order valence-corrected chi connectivity index (χ3v) is 3.90. The van der Waals surface area contributed by atoms with Crippen LogP contribution in [0.4, 0.5) is 0 Å². The molecule has 0 bridgehead atoms. The van der Waals surface area contributed by atoms with E-state index < -0.39 is 0 Å². The van der Waals surface area contributed by atoms with Gasteiger partial charge in [0.1, 0.15) is 0 Å². The molecule has 2 N–H and O–H groups in total. The van der Waals surface area contributed by atoms with Crippen molar-refractivity contribution in [2.75, 3.05) is 13.1 Å². The van der Waals surface area contributed by atoms with Crippen LogP contribution in [0.15, 0.2) is 0 Å². The zero-order chi connectivity index (χ0) is 12.3. The molecule has 2 unspecified atom stereocenters. The quantitative estimate of drug-likeness (QED) is 0.781. The van der Waals surface area contributed by atoms with E-state index >= 15 is 0 Å². The number of likely N-dealkylation sites (N-methyl/N-ethyl adjacent to an activating group) is 1. The highest BCUT2D eigenvalue weighted by atomic mass is 15.2. The Morgan fingerprint density at radius 3 is 2.12 bits per heavy atom. The topological polar surface area (TPSA) is 29.3 Å². The maximum atomic E-state index is 6.19. The Kier molecular flexibility index (Phi) is 4.81. The van der Waals surface area contributed by atoms with Gasteiger partial charge in [0.2, 0.25) is 0 Å². The van der Waals surface area contributed by atoms with Gasteiger partial charge in [-0.05, 0) is 37.6 Å². The first-order chi connectivity index (χ1) is 7.36. The Bertz CT molecular complexity index is 201. The molecule has 1 aliphatic rings. The molecule has 0 aromatic heterocycles. The molecule has 1 fully saturated rings. The van der Waals surface area contributed by atoms with Crippen LogP contribution in [0.3, 0.4) is 0 Å². The second-order valence-corrected chi connectivity index (χ2v) is 6.55. The fourth-order valence-electron chi connectivity index (χ4n) is 3.12. The van der Waals surface area contributed by atoms with Gasteiger partial charge in [-0.1, -0.05) is 34.1 Å². The number of hydrogen-bond donors (Lipinski definition) is 1. The van der Waals surface area contributed by atoms with E-state index in [0.29, 0.717) is 6.04 Å². The van der Waals surface area contributed by atoms with Gasteiger partial charge in [-0.15, -0.1) is 0 Å². The lowest BCUT2D eigenvalue weighted by Gasteiger charge is -2.44. The molecule has 0 spiro atoms. The molecule has 0 aliphatic heterocycles. The molecule has 0 aromatic rings. The zero-order valence-electron chi connectivity index (χ0n) is 11.8. The lowest BCUT2D eigenvalue weighted by atomic mass is 9.79. The molecule has 2 atom stereocenters. The smallest absolute Gasteiger partial charge is 0.0292 e. The minimum atomic E-state index is 0.250. The summed E-state index contributed by atoms with van der Waals surface area (Å²) in [6, 6.07) is 0.748. The number of hydrogen-bond acceptors (Lipinski definition) is 2. The molecule has 0 saturated heterocycles. The van der Waals surface area contributed by atoms with E-state index in [1.165, 1.54) is 25.8 Å². The van der Waals surface area contributed by atoms with Crippen molar-refractivity contribution in [2.24, 2.45) is 17.1 Å². The van der Waals surface area contributed by atoms with Crippen molar-refractivity contribution in [1.82, 2.24) is 4.90 Å². The molecule has 2 nitrogen and oxygen atoms in total. The predicted octanol–water partition coefficient (Wildman–Crippen LogP) is 2.87. The zero-order valence-corrected chi connectivity index (χ0v) is 11.8. The average molecular weight is 226 g/mol. The molecule has 1 rings (SSSR count). The van der Waals surface area contributed by atoms with E-state index in [-0.39, 0.29) is 11.5 Å². The van der Waals surface area contributed by atoms with Crippen molar-refractivity contribution in [1.29, 1.82) is 0 Å². The first kappa shape index (κ1) is 14.0. The first-order valence-electron chi connectivity index (χ1n) is 6.86. The molecule has 1 aliphatic carbocycles. The van der Waals surface area contributed by atoms with Crippen molar-refractivity contribution in [3.63, 3.8) is 0 Å². The highest BCUT2D eigenvalue weighted by Crippen LogP contribution is 2.31. The lowest BCUT2D eigenvalue weighted by molar-refractivity contribution is 0.0579. The number of rotatable bonds is 5. The molecular formula is C14H30N2. The summed E-state index contributed by atoms with van der Waals surface area (Å²) >= 11 is 0. The van der Waals surface area contributed by atoms with Crippen LogP contribution in [0.25, 0.3) is 0 Å². The summed E-state index contributed by atoms with van der Waals surface area (Å²) in [4.78, 5) is 2.61. The minimum absolute atomic E-state index is 0.250. The monoisotopic (exact) mass is 226 g/mol. The van der Waals surface area contributed by atoms with E-state index in [1.54, 1.807) is 0 Å². The van der Waals surface area contributed by atoms with Gasteiger partial charge in [-0.2, -0.15) is 0 Å². The highest BCUT2D eigenvalue weighted by Gasteiger charge is 2.34. The van der Waals surface area contributed by atoms with Crippen LogP contribution in [-0.4, -0.2) is 30.1 Å². The van der Waals surface area contributed by atoms with E-state index in [4.69, 9.17) is 5.73 Å². The fraction of sp³-hybridized carbons (Fsp3) is 1.00. The maximum Gasteiger partial charge on any atom is 0.0292 e. The van der Waals surface area contributed by atoms with Crippen molar-refractivity contribution in [3.05, 3.63) is 0 Å². The first-order valence-corrected chi connectivity index (χ1v) is 6.86. The van der Waals surface area contributed by atoms with E-state index in [0.717, 1.165) is 12.5 Å². The van der Waals surface area contributed by atoms with Crippen LogP contribution in [0.1, 0.15) is 53.9 Å². The summed E-state index contributed by atoms with van der Waals surface area (Å²) in [7, 11) is 0. The Labute approximate surface area is 102 Å². The summed E-state index contributed by atoms with van der Waals surface area (Å²) in [6.45, 7) is 13.7. The van der Waals surface area contributed by atoms with Gasteiger partial charge in [0, 0.05) is 18.6 Å². The predicted molar refractivity (Wildman–Crippen MR) is 71.5 cm³/mol. The van der Waals surface area contributed by atoms with Gasteiger partial charge >= 0.3 is 0 Å². The van der Waals surface area contributed by atoms with Crippen LogP contribution >= 0.6 is 0 Å². The molecule has 16 heavy (non-hydrogen) atoms. The second kappa shape index (κ2) is 5.50. The minimum Gasteiger partial charge on any atom is -0.327 e. The molecule has 96 valence electrons. The van der Waals surface area contributed by atoms with Crippen LogP contribution in [0, 0.1) is 11.3 Å². The van der Waals surface area contributed by atoms with Gasteiger partial charge < -0.3 is 5.73 Å². The normalized spacial score (nSPS) is 21.9. The largest absolute Gasteiger partial charge is 0.327 e. The van der Waals surface area contributed by atoms with Gasteiger partial charge in [0.15, 0.2) is 0 Å². The molecule has 0 amide bonds. The second-order valence-electron chi connectivity index (χ2n) is 6.55. The van der Waals surface area contributed by atoms with E-state index in [1.807, 2.05) is 0 Å². The molecule has 0 aromatic carbocycles. The molecule has 1 saturated carbocycles. The van der Waals surface area contributed by atoms with Crippen LogP contribution in [0.2, 0.25) is 0 Å². The maximum absolute atomic E-state index is 6.19. The number of nitrogens with zero attached hydrogens (tertiary/aromatic N) is 1. The van der Waals surface area contributed by atoms with Gasteiger partial charge in [0.25, 0.3) is 0 Å². The Balaban J connectivity index is 2.64. The third-order valence-electron chi connectivity index (χ3n) is 3.90. The van der Waals surface area contributed by atoms with E-state index in [2.05, 4.69) is 39.5 Å².